The third kappa shape index (κ3) is 5.33. The fourth-order valence-electron chi connectivity index (χ4n) is 4.51. The molecule has 0 aromatic heterocycles. The van der Waals surface area contributed by atoms with Crippen molar-refractivity contribution in [3.05, 3.63) is 53.6 Å². The highest BCUT2D eigenvalue weighted by atomic mass is 32.2. The molecule has 2 fully saturated rings. The molecule has 1 amide bonds. The maximum absolute atomic E-state index is 12.8. The number of nitrogens with one attached hydrogen (secondary N) is 1. The molecule has 4 rings (SSSR count). The highest BCUT2D eigenvalue weighted by Gasteiger charge is 2.25. The van der Waals surface area contributed by atoms with Crippen molar-refractivity contribution in [2.24, 2.45) is 0 Å². The van der Waals surface area contributed by atoms with Gasteiger partial charge in [-0.2, -0.15) is 4.31 Å². The third-order valence-corrected chi connectivity index (χ3v) is 8.39. The largest absolute Gasteiger partial charge is 0.372 e. The quantitative estimate of drug-likeness (QED) is 0.674. The van der Waals surface area contributed by atoms with E-state index in [1.165, 1.54) is 18.5 Å². The molecule has 2 heterocycles. The smallest absolute Gasteiger partial charge is 0.243 e. The zero-order chi connectivity index (χ0) is 22.6. The van der Waals surface area contributed by atoms with Gasteiger partial charge in [-0.25, -0.2) is 8.42 Å². The van der Waals surface area contributed by atoms with Crippen LogP contribution in [0.15, 0.2) is 47.4 Å². The Morgan fingerprint density at radius 1 is 0.906 bits per heavy atom. The minimum atomic E-state index is -3.41. The van der Waals surface area contributed by atoms with Crippen LogP contribution in [0.2, 0.25) is 0 Å². The molecule has 0 unspecified atom stereocenters. The topological polar surface area (TPSA) is 69.7 Å². The van der Waals surface area contributed by atoms with Crippen LogP contribution >= 0.6 is 0 Å². The van der Waals surface area contributed by atoms with Crippen LogP contribution in [0.5, 0.6) is 0 Å². The van der Waals surface area contributed by atoms with Gasteiger partial charge in [-0.05, 0) is 80.5 Å². The number of benzene rings is 2. The van der Waals surface area contributed by atoms with Crippen molar-refractivity contribution in [3.8, 4) is 0 Å². The normalized spacial score (nSPS) is 17.5. The minimum absolute atomic E-state index is 0.0352. The van der Waals surface area contributed by atoms with Gasteiger partial charge in [0.1, 0.15) is 0 Å². The molecule has 0 bridgehead atoms. The third-order valence-electron chi connectivity index (χ3n) is 6.47. The molecule has 6 nitrogen and oxygen atoms in total. The number of anilines is 2. The summed E-state index contributed by atoms with van der Waals surface area (Å²) in [5.74, 6) is -0.0352. The molecule has 0 radical (unpaired) electrons. The first kappa shape index (κ1) is 22.8. The number of aryl methyl sites for hydroxylation is 2. The highest BCUT2D eigenvalue weighted by Crippen LogP contribution is 2.26. The molecule has 2 aromatic rings. The summed E-state index contributed by atoms with van der Waals surface area (Å²) >= 11 is 0. The number of hydrogen-bond acceptors (Lipinski definition) is 4. The van der Waals surface area contributed by atoms with Crippen molar-refractivity contribution in [1.29, 1.82) is 0 Å². The fourth-order valence-corrected chi connectivity index (χ4v) is 6.03. The summed E-state index contributed by atoms with van der Waals surface area (Å²) in [6.07, 6.45) is 6.34. The Hall–Kier alpha value is -2.38. The summed E-state index contributed by atoms with van der Waals surface area (Å²) in [6.45, 7) is 5.43. The van der Waals surface area contributed by atoms with Crippen molar-refractivity contribution < 1.29 is 13.2 Å². The predicted molar refractivity (Wildman–Crippen MR) is 129 cm³/mol. The van der Waals surface area contributed by atoms with Crippen molar-refractivity contribution in [1.82, 2.24) is 4.31 Å². The van der Waals surface area contributed by atoms with Gasteiger partial charge in [0.25, 0.3) is 0 Å². The van der Waals surface area contributed by atoms with E-state index < -0.39 is 10.0 Å². The first-order valence-electron chi connectivity index (χ1n) is 11.7. The maximum atomic E-state index is 12.8. The molecule has 0 spiro atoms. The van der Waals surface area contributed by atoms with Crippen molar-refractivity contribution in [3.63, 3.8) is 0 Å². The number of carbonyl (C=O) groups is 1. The summed E-state index contributed by atoms with van der Waals surface area (Å²) in [7, 11) is -3.41. The van der Waals surface area contributed by atoms with E-state index in [9.17, 15) is 13.2 Å². The zero-order valence-electron chi connectivity index (χ0n) is 18.8. The van der Waals surface area contributed by atoms with Crippen LogP contribution in [0.25, 0.3) is 0 Å². The van der Waals surface area contributed by atoms with Gasteiger partial charge in [0.05, 0.1) is 4.90 Å². The molecule has 7 heteroatoms. The van der Waals surface area contributed by atoms with Crippen LogP contribution in [-0.4, -0.2) is 44.8 Å². The lowest BCUT2D eigenvalue weighted by Gasteiger charge is -2.25. The van der Waals surface area contributed by atoms with E-state index in [0.29, 0.717) is 30.8 Å². The molecule has 2 aliphatic heterocycles. The van der Waals surface area contributed by atoms with E-state index in [1.807, 2.05) is 25.1 Å². The number of piperidine rings is 1. The average Bonchev–Trinajstić information content (AvgIpc) is 3.35. The number of hydrogen-bond donors (Lipinski definition) is 1. The van der Waals surface area contributed by atoms with E-state index in [0.717, 1.165) is 49.2 Å². The van der Waals surface area contributed by atoms with Gasteiger partial charge in [0, 0.05) is 44.0 Å². The SMILES string of the molecule is Cc1cc(N2CCCC2)ccc1NC(=O)CCc1ccc(S(=O)(=O)N2CCCCC2)cc1. The molecule has 0 saturated carbocycles. The first-order valence-corrected chi connectivity index (χ1v) is 13.1. The number of carbonyl (C=O) groups excluding carboxylic acids is 1. The van der Waals surface area contributed by atoms with E-state index in [1.54, 1.807) is 16.4 Å². The standard InChI is InChI=1S/C25H33N3O3S/c1-20-19-22(27-15-5-6-16-27)10-13-24(20)26-25(29)14-9-21-7-11-23(12-8-21)32(30,31)28-17-3-2-4-18-28/h7-8,10-13,19H,2-6,9,14-18H2,1H3,(H,26,29). The molecule has 32 heavy (non-hydrogen) atoms. The molecule has 172 valence electrons. The lowest BCUT2D eigenvalue weighted by atomic mass is 10.1. The van der Waals surface area contributed by atoms with Gasteiger partial charge in [0.2, 0.25) is 15.9 Å². The van der Waals surface area contributed by atoms with E-state index >= 15 is 0 Å². The van der Waals surface area contributed by atoms with Crippen LogP contribution in [0.4, 0.5) is 11.4 Å². The molecule has 1 N–H and O–H groups in total. The zero-order valence-corrected chi connectivity index (χ0v) is 19.7. The Morgan fingerprint density at radius 2 is 1.56 bits per heavy atom. The molecule has 0 atom stereocenters. The van der Waals surface area contributed by atoms with Crippen LogP contribution in [0.3, 0.4) is 0 Å². The summed E-state index contributed by atoms with van der Waals surface area (Å²) in [4.78, 5) is 15.2. The van der Waals surface area contributed by atoms with Gasteiger partial charge >= 0.3 is 0 Å². The molecule has 0 aliphatic carbocycles. The van der Waals surface area contributed by atoms with Gasteiger partial charge in [-0.15, -0.1) is 0 Å². The molecule has 2 saturated heterocycles. The van der Waals surface area contributed by atoms with Crippen LogP contribution in [-0.2, 0) is 21.2 Å². The van der Waals surface area contributed by atoms with Crippen molar-refractivity contribution in [2.75, 3.05) is 36.4 Å². The number of rotatable bonds is 7. The van der Waals surface area contributed by atoms with E-state index in [4.69, 9.17) is 0 Å². The monoisotopic (exact) mass is 455 g/mol. The van der Waals surface area contributed by atoms with E-state index in [2.05, 4.69) is 22.3 Å². The second-order valence-corrected chi connectivity index (χ2v) is 10.8. The van der Waals surface area contributed by atoms with Crippen molar-refractivity contribution in [2.45, 2.75) is 56.8 Å². The molecule has 2 aliphatic rings. The Bertz CT molecular complexity index is 1040. The molecule has 2 aromatic carbocycles. The Kier molecular flexibility index (Phi) is 7.16. The molecular formula is C25H33N3O3S. The fraction of sp³-hybridized carbons (Fsp3) is 0.480. The summed E-state index contributed by atoms with van der Waals surface area (Å²) in [5, 5.41) is 3.02. The highest BCUT2D eigenvalue weighted by molar-refractivity contribution is 7.89. The van der Waals surface area contributed by atoms with Crippen LogP contribution < -0.4 is 10.2 Å². The number of amides is 1. The Balaban J connectivity index is 1.31. The van der Waals surface area contributed by atoms with Crippen LogP contribution in [0, 0.1) is 6.92 Å². The summed E-state index contributed by atoms with van der Waals surface area (Å²) in [5.41, 5.74) is 4.09. The lowest BCUT2D eigenvalue weighted by Crippen LogP contribution is -2.35. The Morgan fingerprint density at radius 3 is 2.22 bits per heavy atom. The summed E-state index contributed by atoms with van der Waals surface area (Å²) in [6, 6.07) is 13.2. The van der Waals surface area contributed by atoms with Crippen molar-refractivity contribution >= 4 is 27.3 Å². The second kappa shape index (κ2) is 10.0. The second-order valence-electron chi connectivity index (χ2n) is 8.85. The number of nitrogens with zero attached hydrogens (tertiary/aromatic N) is 2. The lowest BCUT2D eigenvalue weighted by molar-refractivity contribution is -0.116. The maximum Gasteiger partial charge on any atom is 0.243 e. The van der Waals surface area contributed by atoms with Gasteiger partial charge < -0.3 is 10.2 Å². The van der Waals surface area contributed by atoms with E-state index in [-0.39, 0.29) is 5.91 Å². The van der Waals surface area contributed by atoms with Gasteiger partial charge in [-0.1, -0.05) is 18.6 Å². The minimum Gasteiger partial charge on any atom is -0.372 e. The van der Waals surface area contributed by atoms with Crippen LogP contribution in [0.1, 0.15) is 49.7 Å². The predicted octanol–water partition coefficient (Wildman–Crippen LogP) is 4.34. The van der Waals surface area contributed by atoms with Gasteiger partial charge in [0.15, 0.2) is 0 Å². The average molecular weight is 456 g/mol. The Labute approximate surface area is 191 Å². The number of sulfonamides is 1. The first-order chi connectivity index (χ1) is 15.4. The van der Waals surface area contributed by atoms with Gasteiger partial charge in [-0.3, -0.25) is 4.79 Å². The summed E-state index contributed by atoms with van der Waals surface area (Å²) < 4.78 is 27.1. The molecular weight excluding hydrogens is 422 g/mol.